The molecule has 1 amide bonds. The Morgan fingerprint density at radius 3 is 2.57 bits per heavy atom. The van der Waals surface area contributed by atoms with Crippen LogP contribution in [0, 0.1) is 10.1 Å². The van der Waals surface area contributed by atoms with E-state index in [9.17, 15) is 24.5 Å². The number of amides is 1. The maximum absolute atomic E-state index is 12.8. The quantitative estimate of drug-likeness (QED) is 0.516. The Balaban J connectivity index is 2.45. The summed E-state index contributed by atoms with van der Waals surface area (Å²) in [6, 6.07) is 5.90. The zero-order chi connectivity index (χ0) is 20.8. The molecule has 0 atom stereocenters. The molecule has 0 aliphatic rings. The molecule has 10 heteroatoms. The third-order valence-electron chi connectivity index (χ3n) is 4.37. The maximum atomic E-state index is 12.8. The number of nitrogens with zero attached hydrogens (tertiary/aromatic N) is 3. The number of nitrogens with two attached hydrogens (primary N) is 1. The number of H-pyrrole nitrogens is 1. The summed E-state index contributed by atoms with van der Waals surface area (Å²) in [5.41, 5.74) is 4.57. The van der Waals surface area contributed by atoms with Crippen LogP contribution in [0.4, 0.5) is 17.2 Å². The van der Waals surface area contributed by atoms with E-state index in [1.165, 1.54) is 22.8 Å². The van der Waals surface area contributed by atoms with E-state index in [0.29, 0.717) is 13.0 Å². The molecule has 2 aromatic rings. The molecule has 0 saturated heterocycles. The van der Waals surface area contributed by atoms with Gasteiger partial charge in [0, 0.05) is 24.7 Å². The van der Waals surface area contributed by atoms with E-state index >= 15 is 0 Å². The molecule has 1 aromatic heterocycles. The molecule has 0 radical (unpaired) electrons. The van der Waals surface area contributed by atoms with Crippen LogP contribution in [0.3, 0.4) is 0 Å². The van der Waals surface area contributed by atoms with Crippen molar-refractivity contribution < 1.29 is 9.72 Å². The first-order chi connectivity index (χ1) is 13.3. The average Bonchev–Trinajstić information content (AvgIpc) is 2.65. The van der Waals surface area contributed by atoms with Gasteiger partial charge in [-0.3, -0.25) is 29.3 Å². The van der Waals surface area contributed by atoms with Gasteiger partial charge in [-0.15, -0.1) is 0 Å². The fourth-order valence-electron chi connectivity index (χ4n) is 2.93. The molecule has 0 aliphatic heterocycles. The number of carbonyl (C=O) groups excluding carboxylic acids is 1. The van der Waals surface area contributed by atoms with Crippen LogP contribution in [0.1, 0.15) is 32.3 Å². The van der Waals surface area contributed by atoms with Crippen molar-refractivity contribution in [3.05, 3.63) is 60.8 Å². The van der Waals surface area contributed by atoms with Crippen LogP contribution in [-0.2, 0) is 17.8 Å². The predicted molar refractivity (Wildman–Crippen MR) is 105 cm³/mol. The standard InChI is InChI=1S/C18H23N5O5/c1-3-5-10-22-16(19)15(17(25)20-18(22)26)21(4-2)14(24)11-12-8-6-7-9-13(12)23(27)28/h6-9H,3-5,10-11,19H2,1-2H3,(H,20,25,26). The number of hydrogen-bond donors (Lipinski definition) is 2. The Hall–Kier alpha value is -3.43. The lowest BCUT2D eigenvalue weighted by molar-refractivity contribution is -0.385. The summed E-state index contributed by atoms with van der Waals surface area (Å²) < 4.78 is 1.22. The lowest BCUT2D eigenvalue weighted by atomic mass is 10.1. The van der Waals surface area contributed by atoms with Gasteiger partial charge in [-0.1, -0.05) is 31.5 Å². The van der Waals surface area contributed by atoms with Gasteiger partial charge in [0.2, 0.25) is 5.91 Å². The highest BCUT2D eigenvalue weighted by atomic mass is 16.6. The number of likely N-dealkylation sites (N-methyl/N-ethyl adjacent to an activating group) is 1. The van der Waals surface area contributed by atoms with E-state index in [2.05, 4.69) is 4.98 Å². The first kappa shape index (κ1) is 20.9. The molecule has 0 unspecified atom stereocenters. The SMILES string of the molecule is CCCCn1c(N)c(N(CC)C(=O)Cc2ccccc2[N+](=O)[O-])c(=O)[nH]c1=O. The molecule has 150 valence electrons. The summed E-state index contributed by atoms with van der Waals surface area (Å²) in [6.45, 7) is 4.01. The third kappa shape index (κ3) is 4.27. The van der Waals surface area contributed by atoms with Crippen LogP contribution in [0.25, 0.3) is 0 Å². The first-order valence-electron chi connectivity index (χ1n) is 8.97. The number of aromatic amines is 1. The molecular weight excluding hydrogens is 366 g/mol. The van der Waals surface area contributed by atoms with Gasteiger partial charge < -0.3 is 10.6 Å². The predicted octanol–water partition coefficient (Wildman–Crippen LogP) is 1.42. The maximum Gasteiger partial charge on any atom is 0.330 e. The van der Waals surface area contributed by atoms with Gasteiger partial charge in [-0.25, -0.2) is 4.79 Å². The number of unbranched alkanes of at least 4 members (excludes halogenated alkanes) is 1. The monoisotopic (exact) mass is 389 g/mol. The highest BCUT2D eigenvalue weighted by molar-refractivity contribution is 5.97. The van der Waals surface area contributed by atoms with Crippen LogP contribution in [0.2, 0.25) is 0 Å². The minimum absolute atomic E-state index is 0.0973. The molecule has 0 aliphatic carbocycles. The number of nitrogens with one attached hydrogen (secondary N) is 1. The summed E-state index contributed by atoms with van der Waals surface area (Å²) in [5.74, 6) is -0.630. The summed E-state index contributed by atoms with van der Waals surface area (Å²) in [6.07, 6.45) is 1.21. The van der Waals surface area contributed by atoms with Gasteiger partial charge in [-0.05, 0) is 13.3 Å². The van der Waals surface area contributed by atoms with E-state index in [0.717, 1.165) is 11.3 Å². The number of nitro groups is 1. The number of benzene rings is 1. The number of carbonyl (C=O) groups is 1. The molecule has 3 N–H and O–H groups in total. The van der Waals surface area contributed by atoms with Crippen LogP contribution in [0.5, 0.6) is 0 Å². The molecule has 28 heavy (non-hydrogen) atoms. The highest BCUT2D eigenvalue weighted by Gasteiger charge is 2.25. The molecule has 0 spiro atoms. The molecule has 0 bridgehead atoms. The number of anilines is 2. The fraction of sp³-hybridized carbons (Fsp3) is 0.389. The second-order valence-electron chi connectivity index (χ2n) is 6.20. The van der Waals surface area contributed by atoms with Gasteiger partial charge in [0.05, 0.1) is 11.3 Å². The summed E-state index contributed by atoms with van der Waals surface area (Å²) in [5, 5.41) is 11.2. The third-order valence-corrected chi connectivity index (χ3v) is 4.37. The summed E-state index contributed by atoms with van der Waals surface area (Å²) in [7, 11) is 0. The van der Waals surface area contributed by atoms with E-state index in [1.807, 2.05) is 6.92 Å². The van der Waals surface area contributed by atoms with Gasteiger partial charge in [0.25, 0.3) is 11.2 Å². The van der Waals surface area contributed by atoms with Crippen molar-refractivity contribution in [1.82, 2.24) is 9.55 Å². The van der Waals surface area contributed by atoms with E-state index in [4.69, 9.17) is 5.73 Å². The van der Waals surface area contributed by atoms with Crippen LogP contribution in [-0.4, -0.2) is 26.9 Å². The second kappa shape index (κ2) is 8.98. The smallest absolute Gasteiger partial charge is 0.330 e. The van der Waals surface area contributed by atoms with Crippen LogP contribution < -0.4 is 21.9 Å². The van der Waals surface area contributed by atoms with Crippen molar-refractivity contribution >= 4 is 23.1 Å². The van der Waals surface area contributed by atoms with Gasteiger partial charge in [0.15, 0.2) is 5.69 Å². The normalized spacial score (nSPS) is 10.6. The number of para-hydroxylation sites is 1. The van der Waals surface area contributed by atoms with Crippen molar-refractivity contribution in [3.63, 3.8) is 0 Å². The van der Waals surface area contributed by atoms with Crippen molar-refractivity contribution in [2.45, 2.75) is 39.7 Å². The Labute approximate surface area is 160 Å². The lowest BCUT2D eigenvalue weighted by Crippen LogP contribution is -2.41. The van der Waals surface area contributed by atoms with Crippen molar-refractivity contribution in [1.29, 1.82) is 0 Å². The second-order valence-corrected chi connectivity index (χ2v) is 6.20. The van der Waals surface area contributed by atoms with Crippen LogP contribution in [0.15, 0.2) is 33.9 Å². The van der Waals surface area contributed by atoms with E-state index in [-0.39, 0.29) is 35.7 Å². The Morgan fingerprint density at radius 2 is 1.96 bits per heavy atom. The largest absolute Gasteiger partial charge is 0.383 e. The van der Waals surface area contributed by atoms with E-state index in [1.54, 1.807) is 13.0 Å². The number of hydrogen-bond acceptors (Lipinski definition) is 6. The number of aromatic nitrogens is 2. The molecular formula is C18H23N5O5. The zero-order valence-corrected chi connectivity index (χ0v) is 15.8. The van der Waals surface area contributed by atoms with Gasteiger partial charge >= 0.3 is 5.69 Å². The molecule has 1 aromatic carbocycles. The Kier molecular flexibility index (Phi) is 6.69. The molecule has 10 nitrogen and oxygen atoms in total. The number of rotatable bonds is 8. The van der Waals surface area contributed by atoms with Crippen molar-refractivity contribution in [2.75, 3.05) is 17.2 Å². The molecule has 0 saturated carbocycles. The number of nitrogen functional groups attached to an aromatic ring is 1. The van der Waals surface area contributed by atoms with Crippen molar-refractivity contribution in [3.8, 4) is 0 Å². The molecule has 0 fully saturated rings. The molecule has 1 heterocycles. The lowest BCUT2D eigenvalue weighted by Gasteiger charge is -2.23. The first-order valence-corrected chi connectivity index (χ1v) is 8.97. The minimum atomic E-state index is -0.770. The highest BCUT2D eigenvalue weighted by Crippen LogP contribution is 2.22. The van der Waals surface area contributed by atoms with Gasteiger partial charge in [-0.2, -0.15) is 0 Å². The average molecular weight is 389 g/mol. The van der Waals surface area contributed by atoms with Crippen molar-refractivity contribution in [2.24, 2.45) is 0 Å². The minimum Gasteiger partial charge on any atom is -0.383 e. The van der Waals surface area contributed by atoms with E-state index < -0.39 is 22.1 Å². The van der Waals surface area contributed by atoms with Gasteiger partial charge in [0.1, 0.15) is 5.82 Å². The molecule has 2 rings (SSSR count). The summed E-state index contributed by atoms with van der Waals surface area (Å²) >= 11 is 0. The Bertz CT molecular complexity index is 995. The number of nitro benzene ring substituents is 1. The summed E-state index contributed by atoms with van der Waals surface area (Å²) in [4.78, 5) is 51.2. The topological polar surface area (TPSA) is 144 Å². The zero-order valence-electron chi connectivity index (χ0n) is 15.8. The fourth-order valence-corrected chi connectivity index (χ4v) is 2.93. The Morgan fingerprint density at radius 1 is 1.29 bits per heavy atom. The van der Waals surface area contributed by atoms with Crippen LogP contribution >= 0.6 is 0 Å².